The Kier molecular flexibility index (Phi) is 6.30. The number of nitrogens with zero attached hydrogens (tertiary/aromatic N) is 1. The number of rotatable bonds is 6. The minimum absolute atomic E-state index is 0.0312. The summed E-state index contributed by atoms with van der Waals surface area (Å²) >= 11 is 0. The number of methoxy groups -OCH3 is 1. The highest BCUT2D eigenvalue weighted by atomic mass is 32.2. The molecule has 26 heavy (non-hydrogen) atoms. The number of ketones is 1. The average molecular weight is 373 g/mol. The van der Waals surface area contributed by atoms with Crippen LogP contribution in [0.5, 0.6) is 0 Å². The summed E-state index contributed by atoms with van der Waals surface area (Å²) in [6.45, 7) is 1.51. The Labute approximate surface area is 152 Å². The fraction of sp³-hybridized carbons (Fsp3) is 0.158. The molecule has 7 heteroatoms. The van der Waals surface area contributed by atoms with Gasteiger partial charge in [-0.1, -0.05) is 54.1 Å². The van der Waals surface area contributed by atoms with Gasteiger partial charge in [-0.15, -0.1) is 0 Å². The van der Waals surface area contributed by atoms with Crippen molar-refractivity contribution in [3.05, 3.63) is 77.9 Å². The lowest BCUT2D eigenvalue weighted by Crippen LogP contribution is -2.37. The van der Waals surface area contributed by atoms with Gasteiger partial charge in [0.15, 0.2) is 5.78 Å². The molecule has 136 valence electrons. The van der Waals surface area contributed by atoms with Crippen LogP contribution in [0.4, 0.5) is 4.79 Å². The third-order valence-corrected chi connectivity index (χ3v) is 5.33. The van der Waals surface area contributed by atoms with Crippen LogP contribution in [0.15, 0.2) is 71.6 Å². The second kappa shape index (κ2) is 8.44. The Morgan fingerprint density at radius 3 is 2.23 bits per heavy atom. The van der Waals surface area contributed by atoms with Crippen molar-refractivity contribution >= 4 is 21.9 Å². The van der Waals surface area contributed by atoms with Gasteiger partial charge < -0.3 is 4.74 Å². The number of carbonyl (C=O) groups excluding carboxylic acids is 2. The standard InChI is InChI=1S/C19H19NO5S/c1-15-10-12-17(13-11-15)26(23,24)20(19(22)25-2)14-6-9-18(21)16-7-4-3-5-8-16/h3-13H,14H2,1-2H3/b9-6+. The monoisotopic (exact) mass is 373 g/mol. The minimum Gasteiger partial charge on any atom is -0.452 e. The maximum absolute atomic E-state index is 12.7. The molecule has 2 aromatic carbocycles. The topological polar surface area (TPSA) is 80.8 Å². The van der Waals surface area contributed by atoms with Gasteiger partial charge in [-0.05, 0) is 25.1 Å². The van der Waals surface area contributed by atoms with Crippen molar-refractivity contribution in [1.82, 2.24) is 4.31 Å². The summed E-state index contributed by atoms with van der Waals surface area (Å²) in [4.78, 5) is 24.0. The molecule has 2 aromatic rings. The summed E-state index contributed by atoms with van der Waals surface area (Å²) in [5, 5.41) is 0. The Bertz CT molecular complexity index is 903. The van der Waals surface area contributed by atoms with Gasteiger partial charge in [-0.3, -0.25) is 4.79 Å². The predicted octanol–water partition coefficient (Wildman–Crippen LogP) is 3.19. The lowest BCUT2D eigenvalue weighted by molar-refractivity contribution is 0.104. The second-order valence-corrected chi connectivity index (χ2v) is 7.31. The first kappa shape index (κ1) is 19.4. The lowest BCUT2D eigenvalue weighted by atomic mass is 10.1. The summed E-state index contributed by atoms with van der Waals surface area (Å²) in [5.74, 6) is -0.289. The number of ether oxygens (including phenoxy) is 1. The van der Waals surface area contributed by atoms with Gasteiger partial charge in [-0.25, -0.2) is 13.2 Å². The van der Waals surface area contributed by atoms with Crippen LogP contribution in [-0.2, 0) is 14.8 Å². The number of aryl methyl sites for hydroxylation is 1. The van der Waals surface area contributed by atoms with E-state index in [1.807, 2.05) is 6.92 Å². The van der Waals surface area contributed by atoms with Crippen molar-refractivity contribution in [2.75, 3.05) is 13.7 Å². The first-order chi connectivity index (χ1) is 12.4. The molecule has 1 amide bonds. The van der Waals surface area contributed by atoms with Crippen LogP contribution in [0, 0.1) is 6.92 Å². The SMILES string of the molecule is COC(=O)N(C/C=C/C(=O)c1ccccc1)S(=O)(=O)c1ccc(C)cc1. The summed E-state index contributed by atoms with van der Waals surface area (Å²) < 4.78 is 30.5. The highest BCUT2D eigenvalue weighted by molar-refractivity contribution is 7.89. The Hall–Kier alpha value is -2.93. The molecule has 6 nitrogen and oxygen atoms in total. The molecule has 0 aliphatic rings. The van der Waals surface area contributed by atoms with Crippen LogP contribution in [-0.4, -0.2) is 38.3 Å². The van der Waals surface area contributed by atoms with Crippen molar-refractivity contribution in [1.29, 1.82) is 0 Å². The number of amides is 1. The number of benzene rings is 2. The van der Waals surface area contributed by atoms with E-state index in [1.54, 1.807) is 42.5 Å². The minimum atomic E-state index is -4.10. The van der Waals surface area contributed by atoms with E-state index in [9.17, 15) is 18.0 Å². The molecule has 0 aliphatic heterocycles. The largest absolute Gasteiger partial charge is 0.452 e. The van der Waals surface area contributed by atoms with Gasteiger partial charge in [0.2, 0.25) is 0 Å². The second-order valence-electron chi connectivity index (χ2n) is 5.45. The van der Waals surface area contributed by atoms with E-state index in [-0.39, 0.29) is 17.2 Å². The summed E-state index contributed by atoms with van der Waals surface area (Å²) in [5.41, 5.74) is 1.36. The molecule has 0 bridgehead atoms. The van der Waals surface area contributed by atoms with Gasteiger partial charge in [0.25, 0.3) is 10.0 Å². The molecule has 0 atom stereocenters. The molecule has 0 spiro atoms. The molecule has 0 N–H and O–H groups in total. The molecule has 0 unspecified atom stereocenters. The van der Waals surface area contributed by atoms with Gasteiger partial charge in [-0.2, -0.15) is 4.31 Å². The third-order valence-electron chi connectivity index (χ3n) is 3.59. The lowest BCUT2D eigenvalue weighted by Gasteiger charge is -2.19. The van der Waals surface area contributed by atoms with E-state index >= 15 is 0 Å². The summed E-state index contributed by atoms with van der Waals surface area (Å²) in [7, 11) is -3.00. The maximum Gasteiger partial charge on any atom is 0.423 e. The van der Waals surface area contributed by atoms with E-state index < -0.39 is 16.1 Å². The molecular weight excluding hydrogens is 354 g/mol. The Balaban J connectivity index is 2.22. The third kappa shape index (κ3) is 4.58. The van der Waals surface area contributed by atoms with Crippen LogP contribution in [0.3, 0.4) is 0 Å². The van der Waals surface area contributed by atoms with Crippen LogP contribution in [0.25, 0.3) is 0 Å². The number of carbonyl (C=O) groups is 2. The number of sulfonamides is 1. The van der Waals surface area contributed by atoms with Crippen LogP contribution < -0.4 is 0 Å². The van der Waals surface area contributed by atoms with E-state index in [0.29, 0.717) is 9.87 Å². The Morgan fingerprint density at radius 1 is 1.04 bits per heavy atom. The molecule has 0 fully saturated rings. The molecule has 0 radical (unpaired) electrons. The molecule has 0 saturated heterocycles. The number of allylic oxidation sites excluding steroid dienone is 1. The van der Waals surface area contributed by atoms with E-state index in [0.717, 1.165) is 12.7 Å². The molecule has 0 aromatic heterocycles. The molecule has 2 rings (SSSR count). The van der Waals surface area contributed by atoms with Gasteiger partial charge in [0, 0.05) is 5.56 Å². The normalized spacial score (nSPS) is 11.3. The van der Waals surface area contributed by atoms with E-state index in [2.05, 4.69) is 4.74 Å². The van der Waals surface area contributed by atoms with Crippen LogP contribution in [0.2, 0.25) is 0 Å². The van der Waals surface area contributed by atoms with Crippen LogP contribution in [0.1, 0.15) is 15.9 Å². The smallest absolute Gasteiger partial charge is 0.423 e. The highest BCUT2D eigenvalue weighted by Gasteiger charge is 2.29. The first-order valence-electron chi connectivity index (χ1n) is 7.79. The quantitative estimate of drug-likeness (QED) is 0.574. The van der Waals surface area contributed by atoms with Gasteiger partial charge >= 0.3 is 6.09 Å². The van der Waals surface area contributed by atoms with E-state index in [4.69, 9.17) is 0 Å². The molecule has 0 heterocycles. The average Bonchev–Trinajstić information content (AvgIpc) is 2.65. The number of hydrogen-bond acceptors (Lipinski definition) is 5. The van der Waals surface area contributed by atoms with Gasteiger partial charge in [0.05, 0.1) is 18.6 Å². The fourth-order valence-electron chi connectivity index (χ4n) is 2.16. The van der Waals surface area contributed by atoms with Crippen molar-refractivity contribution < 1.29 is 22.7 Å². The number of hydrogen-bond donors (Lipinski definition) is 0. The Morgan fingerprint density at radius 2 is 1.65 bits per heavy atom. The summed E-state index contributed by atoms with van der Waals surface area (Å²) in [6.07, 6.45) is 1.52. The maximum atomic E-state index is 12.7. The molecule has 0 saturated carbocycles. The van der Waals surface area contributed by atoms with Gasteiger partial charge in [0.1, 0.15) is 0 Å². The zero-order valence-electron chi connectivity index (χ0n) is 14.5. The first-order valence-corrected chi connectivity index (χ1v) is 9.23. The zero-order valence-corrected chi connectivity index (χ0v) is 15.3. The van der Waals surface area contributed by atoms with Crippen molar-refractivity contribution in [2.45, 2.75) is 11.8 Å². The summed E-state index contributed by atoms with van der Waals surface area (Å²) in [6, 6.07) is 14.6. The van der Waals surface area contributed by atoms with Crippen LogP contribution >= 0.6 is 0 Å². The zero-order chi connectivity index (χ0) is 19.2. The van der Waals surface area contributed by atoms with E-state index in [1.165, 1.54) is 24.3 Å². The van der Waals surface area contributed by atoms with Crippen molar-refractivity contribution in [3.8, 4) is 0 Å². The molecular formula is C19H19NO5S. The van der Waals surface area contributed by atoms with Crippen molar-refractivity contribution in [3.63, 3.8) is 0 Å². The molecule has 0 aliphatic carbocycles. The predicted molar refractivity (Wildman–Crippen MR) is 97.4 cm³/mol. The fourth-order valence-corrected chi connectivity index (χ4v) is 3.45. The highest BCUT2D eigenvalue weighted by Crippen LogP contribution is 2.17. The van der Waals surface area contributed by atoms with Crippen molar-refractivity contribution in [2.24, 2.45) is 0 Å².